The Hall–Kier alpha value is -1.93. The van der Waals surface area contributed by atoms with E-state index in [-0.39, 0.29) is 5.78 Å². The lowest BCUT2D eigenvalue weighted by atomic mass is 9.98. The molecule has 2 heteroatoms. The molecule has 0 radical (unpaired) electrons. The number of carbonyl (C=O) groups excluding carboxylic acids is 1. The summed E-state index contributed by atoms with van der Waals surface area (Å²) in [5.74, 6) is 0.510. The lowest BCUT2D eigenvalue weighted by Gasteiger charge is -2.06. The van der Waals surface area contributed by atoms with Crippen molar-refractivity contribution in [3.05, 3.63) is 81.3 Å². The van der Waals surface area contributed by atoms with Crippen molar-refractivity contribution in [3.8, 4) is 11.1 Å². The normalized spacial score (nSPS) is 11.2. The Morgan fingerprint density at radius 3 is 2.42 bits per heavy atom. The first-order chi connectivity index (χ1) is 11.5. The van der Waals surface area contributed by atoms with E-state index in [0.29, 0.717) is 5.92 Å². The van der Waals surface area contributed by atoms with Crippen LogP contribution in [0.1, 0.15) is 53.7 Å². The van der Waals surface area contributed by atoms with Crippen molar-refractivity contribution in [1.29, 1.82) is 0 Å². The molecule has 0 N–H and O–H groups in total. The van der Waals surface area contributed by atoms with Crippen LogP contribution in [0.5, 0.6) is 0 Å². The van der Waals surface area contributed by atoms with Crippen molar-refractivity contribution in [2.75, 3.05) is 0 Å². The van der Waals surface area contributed by atoms with Crippen LogP contribution in [0.2, 0.25) is 0 Å². The minimum Gasteiger partial charge on any atom is -0.289 e. The number of carbonyl (C=O) groups is 1. The van der Waals surface area contributed by atoms with E-state index >= 15 is 0 Å². The van der Waals surface area contributed by atoms with Gasteiger partial charge in [0.2, 0.25) is 0 Å². The fourth-order valence-corrected chi connectivity index (χ4v) is 3.49. The van der Waals surface area contributed by atoms with E-state index < -0.39 is 0 Å². The van der Waals surface area contributed by atoms with Gasteiger partial charge in [0.25, 0.3) is 0 Å². The molecule has 0 aliphatic heterocycles. The number of halogens is 1. The molecule has 0 amide bonds. The zero-order chi connectivity index (χ0) is 17.3. The first-order valence-corrected chi connectivity index (χ1v) is 9.16. The number of benzene rings is 1. The average Bonchev–Trinajstić information content (AvgIpc) is 2.75. The Kier molecular flexibility index (Phi) is 4.86. The third-order valence-corrected chi connectivity index (χ3v) is 4.98. The maximum Gasteiger partial charge on any atom is 0.193 e. The maximum absolute atomic E-state index is 13.1. The molecule has 2 aliphatic carbocycles. The second-order valence-corrected chi connectivity index (χ2v) is 7.34. The molecule has 0 unspecified atom stereocenters. The molecule has 0 atom stereocenters. The summed E-state index contributed by atoms with van der Waals surface area (Å²) in [5, 5.41) is 0. The molecule has 3 rings (SSSR count). The van der Waals surface area contributed by atoms with Gasteiger partial charge >= 0.3 is 0 Å². The van der Waals surface area contributed by atoms with E-state index in [9.17, 15) is 4.79 Å². The highest BCUT2D eigenvalue weighted by Gasteiger charge is 2.21. The topological polar surface area (TPSA) is 17.1 Å². The fraction of sp³-hybridized carbons (Fsp3) is 0.227. The van der Waals surface area contributed by atoms with Crippen LogP contribution in [-0.4, -0.2) is 5.78 Å². The van der Waals surface area contributed by atoms with E-state index in [1.807, 2.05) is 24.3 Å². The largest absolute Gasteiger partial charge is 0.289 e. The van der Waals surface area contributed by atoms with Crippen molar-refractivity contribution >= 4 is 21.7 Å². The predicted molar refractivity (Wildman–Crippen MR) is 104 cm³/mol. The van der Waals surface area contributed by atoms with Crippen LogP contribution >= 0.6 is 15.9 Å². The summed E-state index contributed by atoms with van der Waals surface area (Å²) >= 11 is 3.46. The Balaban J connectivity index is 2.20. The summed E-state index contributed by atoms with van der Waals surface area (Å²) < 4.78 is 0.924. The van der Waals surface area contributed by atoms with E-state index in [4.69, 9.17) is 0 Å². The minimum absolute atomic E-state index is 0.0851. The van der Waals surface area contributed by atoms with E-state index in [1.165, 1.54) is 16.7 Å². The molecule has 0 bridgehead atoms. The number of rotatable bonds is 4. The van der Waals surface area contributed by atoms with E-state index in [1.54, 1.807) is 0 Å². The summed E-state index contributed by atoms with van der Waals surface area (Å²) in [6, 6.07) is 18.3. The van der Waals surface area contributed by atoms with Gasteiger partial charge in [0.05, 0.1) is 0 Å². The molecule has 122 valence electrons. The molecule has 0 spiro atoms. The van der Waals surface area contributed by atoms with Crippen LogP contribution in [0.3, 0.4) is 0 Å². The van der Waals surface area contributed by atoms with Crippen LogP contribution < -0.4 is 0 Å². The van der Waals surface area contributed by atoms with Crippen LogP contribution in [0, 0.1) is 0 Å². The molecule has 0 fully saturated rings. The first-order valence-electron chi connectivity index (χ1n) is 8.37. The standard InChI is InChI=1S/C22H21BrO/c1-4-15-12-21(22(24)17-8-5-9-18(23)11-17)20-13-16(14(2)3)7-6-10-19(15)20/h5-14H,4H2,1-3H3. The smallest absolute Gasteiger partial charge is 0.193 e. The molecule has 0 saturated carbocycles. The molecule has 0 heterocycles. The Morgan fingerprint density at radius 1 is 1.00 bits per heavy atom. The quantitative estimate of drug-likeness (QED) is 0.473. The van der Waals surface area contributed by atoms with Gasteiger partial charge in [-0.25, -0.2) is 0 Å². The van der Waals surface area contributed by atoms with Crippen molar-refractivity contribution in [2.24, 2.45) is 0 Å². The highest BCUT2D eigenvalue weighted by molar-refractivity contribution is 9.10. The van der Waals surface area contributed by atoms with Gasteiger partial charge in [-0.2, -0.15) is 0 Å². The minimum atomic E-state index is 0.0851. The Bertz CT molecular complexity index is 864. The lowest BCUT2D eigenvalue weighted by molar-refractivity contribution is 0.103. The van der Waals surface area contributed by atoms with Gasteiger partial charge in [-0.1, -0.05) is 73.1 Å². The molecule has 24 heavy (non-hydrogen) atoms. The number of hydrogen-bond acceptors (Lipinski definition) is 1. The molecule has 1 aromatic carbocycles. The summed E-state index contributed by atoms with van der Waals surface area (Å²) in [4.78, 5) is 13.1. The molecular formula is C22H21BrO. The number of aryl methyl sites for hydroxylation is 1. The summed E-state index contributed by atoms with van der Waals surface area (Å²) in [5.41, 5.74) is 6.25. The summed E-state index contributed by atoms with van der Waals surface area (Å²) in [6.07, 6.45) is 0.920. The molecule has 1 nitrogen and oxygen atoms in total. The number of fused-ring (bicyclic) bond motifs is 1. The molecule has 0 aromatic heterocycles. The first kappa shape index (κ1) is 16.9. The van der Waals surface area contributed by atoms with Gasteiger partial charge < -0.3 is 0 Å². The van der Waals surface area contributed by atoms with Crippen LogP contribution in [0.15, 0.2) is 59.1 Å². The van der Waals surface area contributed by atoms with Crippen molar-refractivity contribution in [1.82, 2.24) is 0 Å². The van der Waals surface area contributed by atoms with Gasteiger partial charge in [-0.15, -0.1) is 0 Å². The van der Waals surface area contributed by atoms with Crippen LogP contribution in [-0.2, 0) is 6.42 Å². The van der Waals surface area contributed by atoms with Crippen molar-refractivity contribution < 1.29 is 4.79 Å². The average molecular weight is 381 g/mol. The predicted octanol–water partition coefficient (Wildman–Crippen LogP) is 6.47. The number of ketones is 1. The lowest BCUT2D eigenvalue weighted by Crippen LogP contribution is -2.01. The van der Waals surface area contributed by atoms with Gasteiger partial charge in [0, 0.05) is 15.6 Å². The molecular weight excluding hydrogens is 360 g/mol. The van der Waals surface area contributed by atoms with Gasteiger partial charge in [0.1, 0.15) is 0 Å². The molecule has 1 aromatic rings. The van der Waals surface area contributed by atoms with Gasteiger partial charge in [0.15, 0.2) is 5.78 Å². The number of hydrogen-bond donors (Lipinski definition) is 0. The Labute approximate surface area is 152 Å². The van der Waals surface area contributed by atoms with Crippen LogP contribution in [0.4, 0.5) is 0 Å². The second kappa shape index (κ2) is 6.90. The fourth-order valence-electron chi connectivity index (χ4n) is 3.10. The van der Waals surface area contributed by atoms with E-state index in [2.05, 4.69) is 67.0 Å². The highest BCUT2D eigenvalue weighted by Crippen LogP contribution is 2.35. The SMILES string of the molecule is CCc1cc(C(=O)c2cccc(Br)c2)c2cc(C(C)C)cccc1-2. The Morgan fingerprint density at radius 2 is 1.75 bits per heavy atom. The van der Waals surface area contributed by atoms with Gasteiger partial charge in [-0.3, -0.25) is 4.79 Å². The molecule has 0 saturated heterocycles. The third kappa shape index (κ3) is 3.16. The summed E-state index contributed by atoms with van der Waals surface area (Å²) in [7, 11) is 0. The third-order valence-electron chi connectivity index (χ3n) is 4.49. The summed E-state index contributed by atoms with van der Waals surface area (Å²) in [6.45, 7) is 6.50. The highest BCUT2D eigenvalue weighted by atomic mass is 79.9. The van der Waals surface area contributed by atoms with E-state index in [0.717, 1.165) is 27.6 Å². The zero-order valence-electron chi connectivity index (χ0n) is 14.3. The second-order valence-electron chi connectivity index (χ2n) is 6.43. The van der Waals surface area contributed by atoms with Crippen LogP contribution in [0.25, 0.3) is 11.1 Å². The maximum atomic E-state index is 13.1. The zero-order valence-corrected chi connectivity index (χ0v) is 15.9. The van der Waals surface area contributed by atoms with Gasteiger partial charge in [-0.05, 0) is 52.8 Å². The molecule has 2 aliphatic rings. The van der Waals surface area contributed by atoms with Crippen molar-refractivity contribution in [2.45, 2.75) is 33.1 Å². The van der Waals surface area contributed by atoms with Crippen molar-refractivity contribution in [3.63, 3.8) is 0 Å². The monoisotopic (exact) mass is 380 g/mol.